The second-order valence-electron chi connectivity index (χ2n) is 5.75. The Morgan fingerprint density at radius 1 is 1.24 bits per heavy atom. The van der Waals surface area contributed by atoms with E-state index >= 15 is 0 Å². The lowest BCUT2D eigenvalue weighted by Crippen LogP contribution is -2.34. The van der Waals surface area contributed by atoms with Gasteiger partial charge in [-0.3, -0.25) is 9.59 Å². The molecule has 3 rings (SSSR count). The molecule has 1 heterocycles. The van der Waals surface area contributed by atoms with E-state index in [-0.39, 0.29) is 11.8 Å². The normalized spacial score (nSPS) is 15.8. The lowest BCUT2D eigenvalue weighted by molar-refractivity contribution is -0.122. The number of hydrogen-bond donors (Lipinski definition) is 2. The van der Waals surface area contributed by atoms with Crippen molar-refractivity contribution in [1.82, 2.24) is 0 Å². The summed E-state index contributed by atoms with van der Waals surface area (Å²) in [6.45, 7) is 3.82. The minimum absolute atomic E-state index is 0.189. The topological polar surface area (TPSA) is 67.4 Å². The van der Waals surface area contributed by atoms with Crippen LogP contribution in [0.5, 0.6) is 5.75 Å². The SMILES string of the molecule is CCSCc1ccc(C(=O)Nc2ccc3c(c2)NC(=O)C(C)O3)cc1. The number of carbonyl (C=O) groups excluding carboxylic acids is 2. The fraction of sp³-hybridized carbons (Fsp3) is 0.263. The molecule has 25 heavy (non-hydrogen) atoms. The van der Waals surface area contributed by atoms with Crippen LogP contribution < -0.4 is 15.4 Å². The van der Waals surface area contributed by atoms with Crippen molar-refractivity contribution in [2.24, 2.45) is 0 Å². The summed E-state index contributed by atoms with van der Waals surface area (Å²) in [5.41, 5.74) is 2.96. The molecule has 1 aliphatic heterocycles. The predicted octanol–water partition coefficient (Wildman–Crippen LogP) is 3.91. The predicted molar refractivity (Wildman–Crippen MR) is 101 cm³/mol. The number of carbonyl (C=O) groups is 2. The standard InChI is InChI=1S/C19H20N2O3S/c1-3-25-11-13-4-6-14(7-5-13)19(23)20-15-8-9-17-16(10-15)21-18(22)12(2)24-17/h4-10,12H,3,11H2,1-2H3,(H,20,23)(H,21,22). The quantitative estimate of drug-likeness (QED) is 0.852. The van der Waals surface area contributed by atoms with Gasteiger partial charge in [-0.15, -0.1) is 0 Å². The zero-order valence-electron chi connectivity index (χ0n) is 14.2. The maximum absolute atomic E-state index is 12.4. The molecule has 5 nitrogen and oxygen atoms in total. The van der Waals surface area contributed by atoms with E-state index in [1.54, 1.807) is 25.1 Å². The Bertz CT molecular complexity index is 790. The number of ether oxygens (including phenoxy) is 1. The largest absolute Gasteiger partial charge is 0.479 e. The zero-order valence-corrected chi connectivity index (χ0v) is 15.0. The van der Waals surface area contributed by atoms with Crippen LogP contribution in [0.15, 0.2) is 42.5 Å². The van der Waals surface area contributed by atoms with Gasteiger partial charge in [-0.25, -0.2) is 0 Å². The molecule has 1 aliphatic rings. The first kappa shape index (κ1) is 17.4. The minimum Gasteiger partial charge on any atom is -0.479 e. The van der Waals surface area contributed by atoms with E-state index in [1.165, 1.54) is 5.56 Å². The molecular formula is C19H20N2O3S. The number of benzene rings is 2. The molecule has 0 spiro atoms. The molecular weight excluding hydrogens is 336 g/mol. The molecule has 0 fully saturated rings. The van der Waals surface area contributed by atoms with Crippen molar-refractivity contribution in [3.05, 3.63) is 53.6 Å². The highest BCUT2D eigenvalue weighted by atomic mass is 32.2. The molecule has 2 aromatic rings. The van der Waals surface area contributed by atoms with Gasteiger partial charge >= 0.3 is 0 Å². The van der Waals surface area contributed by atoms with Crippen molar-refractivity contribution < 1.29 is 14.3 Å². The van der Waals surface area contributed by atoms with Crippen molar-refractivity contribution in [2.75, 3.05) is 16.4 Å². The monoisotopic (exact) mass is 356 g/mol. The van der Waals surface area contributed by atoms with Gasteiger partial charge in [0.2, 0.25) is 0 Å². The molecule has 0 bridgehead atoms. The van der Waals surface area contributed by atoms with E-state index in [4.69, 9.17) is 4.74 Å². The second-order valence-corrected chi connectivity index (χ2v) is 7.02. The van der Waals surface area contributed by atoms with Gasteiger partial charge in [0.1, 0.15) is 5.75 Å². The van der Waals surface area contributed by atoms with Crippen LogP contribution in [-0.2, 0) is 10.5 Å². The van der Waals surface area contributed by atoms with Gasteiger partial charge in [-0.1, -0.05) is 19.1 Å². The van der Waals surface area contributed by atoms with E-state index in [0.29, 0.717) is 22.7 Å². The molecule has 0 aliphatic carbocycles. The summed E-state index contributed by atoms with van der Waals surface area (Å²) in [7, 11) is 0. The zero-order chi connectivity index (χ0) is 17.8. The second kappa shape index (κ2) is 7.61. The number of fused-ring (bicyclic) bond motifs is 1. The summed E-state index contributed by atoms with van der Waals surface area (Å²) in [4.78, 5) is 24.1. The number of amides is 2. The number of anilines is 2. The van der Waals surface area contributed by atoms with E-state index in [2.05, 4.69) is 17.6 Å². The Kier molecular flexibility index (Phi) is 5.28. The summed E-state index contributed by atoms with van der Waals surface area (Å²) in [6, 6.07) is 12.8. The Balaban J connectivity index is 1.69. The molecule has 2 aromatic carbocycles. The molecule has 0 radical (unpaired) electrons. The highest BCUT2D eigenvalue weighted by Crippen LogP contribution is 2.32. The van der Waals surface area contributed by atoms with Crippen LogP contribution in [0.25, 0.3) is 0 Å². The van der Waals surface area contributed by atoms with Crippen LogP contribution in [0, 0.1) is 0 Å². The highest BCUT2D eigenvalue weighted by Gasteiger charge is 2.23. The summed E-state index contributed by atoms with van der Waals surface area (Å²) in [6.07, 6.45) is -0.516. The number of hydrogen-bond acceptors (Lipinski definition) is 4. The highest BCUT2D eigenvalue weighted by molar-refractivity contribution is 7.98. The van der Waals surface area contributed by atoms with Gasteiger partial charge in [0, 0.05) is 17.0 Å². The fourth-order valence-electron chi connectivity index (χ4n) is 2.46. The lowest BCUT2D eigenvalue weighted by Gasteiger charge is -2.23. The Hall–Kier alpha value is -2.47. The van der Waals surface area contributed by atoms with Crippen molar-refractivity contribution in [3.8, 4) is 5.75 Å². The van der Waals surface area contributed by atoms with Gasteiger partial charge in [0.15, 0.2) is 6.10 Å². The number of rotatable bonds is 5. The van der Waals surface area contributed by atoms with Crippen molar-refractivity contribution in [1.29, 1.82) is 0 Å². The third-order valence-electron chi connectivity index (χ3n) is 3.86. The van der Waals surface area contributed by atoms with E-state index in [0.717, 1.165) is 11.5 Å². The van der Waals surface area contributed by atoms with Gasteiger partial charge in [0.05, 0.1) is 5.69 Å². The average Bonchev–Trinajstić information content (AvgIpc) is 2.61. The molecule has 2 amide bonds. The maximum Gasteiger partial charge on any atom is 0.265 e. The molecule has 0 saturated heterocycles. The van der Waals surface area contributed by atoms with E-state index in [1.807, 2.05) is 36.0 Å². The van der Waals surface area contributed by atoms with E-state index in [9.17, 15) is 9.59 Å². The van der Waals surface area contributed by atoms with Gasteiger partial charge in [-0.2, -0.15) is 11.8 Å². The summed E-state index contributed by atoms with van der Waals surface area (Å²) in [5, 5.41) is 5.62. The number of thioether (sulfide) groups is 1. The van der Waals surface area contributed by atoms with Crippen LogP contribution >= 0.6 is 11.8 Å². The van der Waals surface area contributed by atoms with Crippen LogP contribution in [0.2, 0.25) is 0 Å². The van der Waals surface area contributed by atoms with Gasteiger partial charge in [-0.05, 0) is 48.6 Å². The molecule has 1 unspecified atom stereocenters. The molecule has 0 saturated carbocycles. The van der Waals surface area contributed by atoms with Crippen molar-refractivity contribution in [2.45, 2.75) is 25.7 Å². The Labute approximate surface area is 151 Å². The maximum atomic E-state index is 12.4. The minimum atomic E-state index is -0.516. The first-order valence-electron chi connectivity index (χ1n) is 8.16. The average molecular weight is 356 g/mol. The first-order chi connectivity index (χ1) is 12.1. The molecule has 1 atom stereocenters. The lowest BCUT2D eigenvalue weighted by atomic mass is 10.1. The van der Waals surface area contributed by atoms with E-state index < -0.39 is 6.10 Å². The van der Waals surface area contributed by atoms with Crippen LogP contribution in [0.1, 0.15) is 29.8 Å². The molecule has 6 heteroatoms. The van der Waals surface area contributed by atoms with Crippen molar-refractivity contribution in [3.63, 3.8) is 0 Å². The van der Waals surface area contributed by atoms with Crippen LogP contribution in [0.4, 0.5) is 11.4 Å². The Morgan fingerprint density at radius 2 is 2.00 bits per heavy atom. The third-order valence-corrected chi connectivity index (χ3v) is 4.80. The summed E-state index contributed by atoms with van der Waals surface area (Å²) in [5.74, 6) is 2.23. The number of nitrogens with one attached hydrogen (secondary N) is 2. The summed E-state index contributed by atoms with van der Waals surface area (Å²) >= 11 is 1.84. The third kappa shape index (κ3) is 4.14. The first-order valence-corrected chi connectivity index (χ1v) is 9.32. The fourth-order valence-corrected chi connectivity index (χ4v) is 3.09. The van der Waals surface area contributed by atoms with Crippen LogP contribution in [0.3, 0.4) is 0 Å². The molecule has 0 aromatic heterocycles. The molecule has 2 N–H and O–H groups in total. The summed E-state index contributed by atoms with van der Waals surface area (Å²) < 4.78 is 5.51. The van der Waals surface area contributed by atoms with Crippen molar-refractivity contribution >= 4 is 35.0 Å². The molecule has 130 valence electrons. The van der Waals surface area contributed by atoms with Gasteiger partial charge < -0.3 is 15.4 Å². The smallest absolute Gasteiger partial charge is 0.265 e. The van der Waals surface area contributed by atoms with Crippen LogP contribution in [-0.4, -0.2) is 23.7 Å². The van der Waals surface area contributed by atoms with Gasteiger partial charge in [0.25, 0.3) is 11.8 Å². The Morgan fingerprint density at radius 3 is 2.72 bits per heavy atom.